The summed E-state index contributed by atoms with van der Waals surface area (Å²) in [7, 11) is 0. The number of benzene rings is 8. The van der Waals surface area contributed by atoms with Crippen LogP contribution in [0.3, 0.4) is 0 Å². The molecule has 13 rings (SSSR count). The van der Waals surface area contributed by atoms with Crippen LogP contribution in [0.1, 0.15) is 45.6 Å². The molecular formula is C64H42MgN8+2. The van der Waals surface area contributed by atoms with Crippen molar-refractivity contribution in [3.8, 4) is 44.5 Å². The van der Waals surface area contributed by atoms with Crippen LogP contribution in [0.4, 0.5) is 0 Å². The number of rotatable bonds is 8. The van der Waals surface area contributed by atoms with E-state index in [1.165, 1.54) is 0 Å². The van der Waals surface area contributed by atoms with Gasteiger partial charge in [-0.3, -0.25) is 9.97 Å². The number of nitrogens with one attached hydrogen (secondary N) is 2. The van der Waals surface area contributed by atoms with E-state index in [2.05, 4.69) is 204 Å². The van der Waals surface area contributed by atoms with Crippen molar-refractivity contribution in [1.29, 1.82) is 0 Å². The fraction of sp³-hybridized carbons (Fsp3) is 0. The first-order chi connectivity index (χ1) is 35.7. The Morgan fingerprint density at radius 1 is 0.219 bits per heavy atom. The Hall–Kier alpha value is -9.15. The number of fused-ring (bicyclic) bond motifs is 8. The van der Waals surface area contributed by atoms with E-state index in [4.69, 9.17) is 29.9 Å². The van der Waals surface area contributed by atoms with Gasteiger partial charge >= 0.3 is 23.1 Å². The zero-order valence-corrected chi connectivity index (χ0v) is 40.9. The molecule has 0 amide bonds. The molecule has 0 fully saturated rings. The van der Waals surface area contributed by atoms with E-state index in [0.29, 0.717) is 45.9 Å². The predicted octanol–water partition coefficient (Wildman–Crippen LogP) is 12.3. The smallest absolute Gasteiger partial charge is 0.331 e. The quantitative estimate of drug-likeness (QED) is 0.140. The van der Waals surface area contributed by atoms with Gasteiger partial charge in [-0.05, 0) is 44.5 Å². The molecule has 3 aromatic heterocycles. The van der Waals surface area contributed by atoms with Crippen LogP contribution in [0.25, 0.3) is 89.4 Å². The Labute approximate surface area is 437 Å². The van der Waals surface area contributed by atoms with Gasteiger partial charge in [-0.2, -0.15) is 0 Å². The van der Waals surface area contributed by atoms with E-state index >= 15 is 0 Å². The molecule has 0 saturated carbocycles. The Morgan fingerprint density at radius 3 is 0.562 bits per heavy atom. The van der Waals surface area contributed by atoms with E-state index in [1.807, 2.05) is 48.5 Å². The zero-order chi connectivity index (χ0) is 47.8. The van der Waals surface area contributed by atoms with Crippen LogP contribution in [0.15, 0.2) is 243 Å². The fourth-order valence-electron chi connectivity index (χ4n) is 9.96. The third-order valence-corrected chi connectivity index (χ3v) is 13.1. The van der Waals surface area contributed by atoms with E-state index in [0.717, 1.165) is 89.1 Å². The standard InChI is InChI=1S/C64H40N8.Mg/c1-9-25-41(26-10-1)49-50(42-27-11-2-12-28-42)58-65-57(49)69-59-51(43-29-13-3-14-30-43)52(44-31-15-4-16-32-44)61(66-59)71-63-55(47-37-21-7-22-38-47)56(48-39-23-8-24-40-48)64(68-63)72-62-54(46-35-19-6-20-36-46)53(60(67-62)70-58)45-33-17-5-18-34-45;/h1-40H;/q-2;+2/p+2. The minimum atomic E-state index is 0. The van der Waals surface area contributed by atoms with Crippen LogP contribution in [-0.2, 0) is 0 Å². The average molecular weight is 947 g/mol. The van der Waals surface area contributed by atoms with E-state index < -0.39 is 0 Å². The molecule has 9 heteroatoms. The second kappa shape index (κ2) is 19.6. The molecule has 0 aliphatic carbocycles. The monoisotopic (exact) mass is 946 g/mol. The Balaban J connectivity index is 0.00000543. The average Bonchev–Trinajstić information content (AvgIpc) is 4.20. The molecular weight excluding hydrogens is 905 g/mol. The van der Waals surface area contributed by atoms with Crippen LogP contribution < -0.4 is 19.9 Å². The summed E-state index contributed by atoms with van der Waals surface area (Å²) in [4.78, 5) is 41.2. The Bertz CT molecular complexity index is 3510. The van der Waals surface area contributed by atoms with Gasteiger partial charge in [-0.15, -0.1) is 0 Å². The van der Waals surface area contributed by atoms with E-state index in [1.54, 1.807) is 0 Å². The minimum absolute atomic E-state index is 0. The summed E-state index contributed by atoms with van der Waals surface area (Å²) in [6, 6.07) is 82.9. The second-order valence-electron chi connectivity index (χ2n) is 17.5. The molecule has 2 N–H and O–H groups in total. The molecule has 8 bridgehead atoms. The van der Waals surface area contributed by atoms with Crippen molar-refractivity contribution < 1.29 is 9.97 Å². The summed E-state index contributed by atoms with van der Waals surface area (Å²) in [6.07, 6.45) is 0. The fourth-order valence-corrected chi connectivity index (χ4v) is 9.96. The maximum atomic E-state index is 5.65. The molecule has 8 aromatic carbocycles. The van der Waals surface area contributed by atoms with Gasteiger partial charge in [-0.25, -0.2) is 4.98 Å². The van der Waals surface area contributed by atoms with E-state index in [-0.39, 0.29) is 23.1 Å². The number of aromatic nitrogens is 8. The zero-order valence-electron chi connectivity index (χ0n) is 39.5. The molecule has 8 nitrogen and oxygen atoms in total. The summed E-state index contributed by atoms with van der Waals surface area (Å²) in [5, 5.41) is 0. The van der Waals surface area contributed by atoms with Crippen molar-refractivity contribution in [2.75, 3.05) is 0 Å². The molecule has 0 unspecified atom stereocenters. The van der Waals surface area contributed by atoms with Gasteiger partial charge in [0.2, 0.25) is 0 Å². The molecule has 2 aliphatic heterocycles. The van der Waals surface area contributed by atoms with Crippen molar-refractivity contribution >= 4 is 67.9 Å². The van der Waals surface area contributed by atoms with Gasteiger partial charge in [0.1, 0.15) is 5.82 Å². The maximum absolute atomic E-state index is 5.65. The third-order valence-electron chi connectivity index (χ3n) is 13.1. The van der Waals surface area contributed by atoms with Gasteiger partial charge in [0.15, 0.2) is 16.9 Å². The van der Waals surface area contributed by atoms with E-state index in [9.17, 15) is 0 Å². The van der Waals surface area contributed by atoms with Crippen LogP contribution in [-0.4, -0.2) is 43.0 Å². The summed E-state index contributed by atoms with van der Waals surface area (Å²) in [5.41, 5.74) is 16.6. The van der Waals surface area contributed by atoms with Crippen LogP contribution in [0.5, 0.6) is 0 Å². The SMILES string of the molecule is [Mg+2].c1ccc(C2=C(c3ccccc3)c3nc4[n-]c(nc5[nH+]c(nc6[n-]c(nc2[nH+]3)c(-c2ccccc2)c6-c2ccccc2)C(c2ccccc2)=C5c2ccccc2)c(-c2ccccc2)c4-c2ccccc2)cc1. The third kappa shape index (κ3) is 8.36. The molecule has 0 radical (unpaired) electrons. The summed E-state index contributed by atoms with van der Waals surface area (Å²) >= 11 is 0. The second-order valence-corrected chi connectivity index (χ2v) is 17.5. The number of hydrogen-bond acceptors (Lipinski definition) is 4. The largest absolute Gasteiger partial charge is 2.00 e. The van der Waals surface area contributed by atoms with Crippen molar-refractivity contribution in [2.24, 2.45) is 0 Å². The van der Waals surface area contributed by atoms with Crippen molar-refractivity contribution in [2.45, 2.75) is 0 Å². The first-order valence-corrected chi connectivity index (χ1v) is 24.0. The molecule has 0 spiro atoms. The normalized spacial score (nSPS) is 12.2. The Morgan fingerprint density at radius 2 is 0.384 bits per heavy atom. The Kier molecular flexibility index (Phi) is 12.1. The number of aromatic amines is 2. The molecule has 338 valence electrons. The van der Waals surface area contributed by atoms with Crippen LogP contribution >= 0.6 is 0 Å². The van der Waals surface area contributed by atoms with Crippen molar-refractivity contribution in [3.63, 3.8) is 0 Å². The molecule has 11 aromatic rings. The van der Waals surface area contributed by atoms with Gasteiger partial charge < -0.3 is 9.97 Å². The summed E-state index contributed by atoms with van der Waals surface area (Å²) < 4.78 is 0. The van der Waals surface area contributed by atoms with Crippen molar-refractivity contribution in [3.05, 3.63) is 288 Å². The summed E-state index contributed by atoms with van der Waals surface area (Å²) in [6.45, 7) is 0. The van der Waals surface area contributed by atoms with Crippen LogP contribution in [0.2, 0.25) is 0 Å². The molecule has 5 heterocycles. The van der Waals surface area contributed by atoms with Gasteiger partial charge in [-0.1, -0.05) is 258 Å². The number of H-pyrrole nitrogens is 2. The molecule has 0 saturated heterocycles. The molecule has 0 atom stereocenters. The van der Waals surface area contributed by atoms with Crippen molar-refractivity contribution in [1.82, 2.24) is 29.9 Å². The first kappa shape index (κ1) is 45.0. The van der Waals surface area contributed by atoms with Gasteiger partial charge in [0.25, 0.3) is 17.5 Å². The number of hydrogen-bond donors (Lipinski definition) is 0. The molecule has 2 aliphatic rings. The van der Waals surface area contributed by atoms with Gasteiger partial charge in [0, 0.05) is 33.5 Å². The summed E-state index contributed by atoms with van der Waals surface area (Å²) in [5.74, 6) is 2.36. The van der Waals surface area contributed by atoms with Crippen LogP contribution in [0, 0.1) is 0 Å². The van der Waals surface area contributed by atoms with Gasteiger partial charge in [0.05, 0.1) is 16.7 Å². The molecule has 73 heavy (non-hydrogen) atoms. The number of nitrogens with zero attached hydrogens (tertiary/aromatic N) is 6. The topological polar surface area (TPSA) is 108 Å². The first-order valence-electron chi connectivity index (χ1n) is 24.0. The minimum Gasteiger partial charge on any atom is -0.331 e. The maximum Gasteiger partial charge on any atom is 2.00 e. The predicted molar refractivity (Wildman–Crippen MR) is 291 cm³/mol.